The van der Waals surface area contributed by atoms with Gasteiger partial charge in [0.25, 0.3) is 0 Å². The number of rotatable bonds is 4. The van der Waals surface area contributed by atoms with E-state index in [1.807, 2.05) is 0 Å². The first-order valence-electron chi connectivity index (χ1n) is 5.77. The van der Waals surface area contributed by atoms with Gasteiger partial charge >= 0.3 is 0 Å². The zero-order valence-corrected chi connectivity index (χ0v) is 11.2. The van der Waals surface area contributed by atoms with Crippen molar-refractivity contribution in [3.05, 3.63) is 0 Å². The predicted molar refractivity (Wildman–Crippen MR) is 65.9 cm³/mol. The van der Waals surface area contributed by atoms with E-state index in [0.29, 0.717) is 13.1 Å². The second kappa shape index (κ2) is 5.79. The molecule has 1 heterocycles. The summed E-state index contributed by atoms with van der Waals surface area (Å²) in [5.41, 5.74) is 5.62. The number of hydrogen-bond donors (Lipinski definition) is 1. The van der Waals surface area contributed by atoms with Crippen LogP contribution in [0.25, 0.3) is 0 Å². The minimum atomic E-state index is -3.31. The number of sulfonamides is 1. The monoisotopic (exact) mass is 263 g/mol. The Morgan fingerprint density at radius 2 is 2.12 bits per heavy atom. The van der Waals surface area contributed by atoms with Gasteiger partial charge in [-0.1, -0.05) is 0 Å². The zero-order valence-electron chi connectivity index (χ0n) is 10.4. The fourth-order valence-corrected chi connectivity index (χ4v) is 2.32. The number of hydrogen-bond acceptors (Lipinski definition) is 4. The highest BCUT2D eigenvalue weighted by Crippen LogP contribution is 2.16. The molecule has 1 unspecified atom stereocenters. The molecule has 0 aromatic heterocycles. The Bertz CT molecular complexity index is 369. The molecule has 17 heavy (non-hydrogen) atoms. The van der Waals surface area contributed by atoms with Gasteiger partial charge in [-0.3, -0.25) is 4.79 Å². The van der Waals surface area contributed by atoms with E-state index in [1.54, 1.807) is 4.90 Å². The molecule has 0 aromatic carbocycles. The molecule has 0 saturated carbocycles. The van der Waals surface area contributed by atoms with Gasteiger partial charge in [0.2, 0.25) is 15.9 Å². The van der Waals surface area contributed by atoms with E-state index < -0.39 is 10.0 Å². The van der Waals surface area contributed by atoms with Gasteiger partial charge in [-0.2, -0.15) is 4.31 Å². The Morgan fingerprint density at radius 1 is 1.47 bits per heavy atom. The van der Waals surface area contributed by atoms with Gasteiger partial charge in [0.05, 0.1) is 12.8 Å². The number of nitrogens with zero attached hydrogens (tertiary/aromatic N) is 2. The molecule has 0 radical (unpaired) electrons. The fraction of sp³-hybridized carbons (Fsp3) is 0.900. The van der Waals surface area contributed by atoms with Crippen LogP contribution in [0.3, 0.4) is 0 Å². The number of likely N-dealkylation sites (N-methyl/N-ethyl adjacent to an activating group) is 1. The first-order valence-corrected chi connectivity index (χ1v) is 7.62. The van der Waals surface area contributed by atoms with E-state index in [-0.39, 0.29) is 18.5 Å². The highest BCUT2D eigenvalue weighted by Gasteiger charge is 2.27. The number of piperidine rings is 1. The maximum absolute atomic E-state index is 12.0. The first kappa shape index (κ1) is 14.4. The van der Waals surface area contributed by atoms with Crippen LogP contribution in [0.4, 0.5) is 0 Å². The molecular formula is C10H21N3O3S. The number of carbonyl (C=O) groups is 1. The van der Waals surface area contributed by atoms with E-state index in [0.717, 1.165) is 29.8 Å². The molecule has 0 aromatic rings. The van der Waals surface area contributed by atoms with Crippen molar-refractivity contribution in [3.63, 3.8) is 0 Å². The first-order chi connectivity index (χ1) is 7.86. The Morgan fingerprint density at radius 3 is 2.65 bits per heavy atom. The average Bonchev–Trinajstić information content (AvgIpc) is 2.27. The van der Waals surface area contributed by atoms with E-state index in [4.69, 9.17) is 5.73 Å². The summed E-state index contributed by atoms with van der Waals surface area (Å²) in [6, 6.07) is 0.0595. The smallest absolute Gasteiger partial charge is 0.238 e. The average molecular weight is 263 g/mol. The number of likely N-dealkylation sites (tertiary alicyclic amines) is 1. The van der Waals surface area contributed by atoms with Gasteiger partial charge in [0, 0.05) is 26.2 Å². The molecule has 100 valence electrons. The van der Waals surface area contributed by atoms with E-state index >= 15 is 0 Å². The molecule has 1 aliphatic heterocycles. The molecule has 1 atom stereocenters. The summed E-state index contributed by atoms with van der Waals surface area (Å²) in [6.45, 7) is 1.02. The number of carbonyl (C=O) groups excluding carboxylic acids is 1. The van der Waals surface area contributed by atoms with Crippen molar-refractivity contribution in [1.82, 2.24) is 9.21 Å². The van der Waals surface area contributed by atoms with Crippen molar-refractivity contribution in [3.8, 4) is 0 Å². The van der Waals surface area contributed by atoms with Crippen molar-refractivity contribution in [1.29, 1.82) is 0 Å². The highest BCUT2D eigenvalue weighted by molar-refractivity contribution is 7.88. The van der Waals surface area contributed by atoms with Crippen molar-refractivity contribution in [2.75, 3.05) is 32.9 Å². The second-order valence-corrected chi connectivity index (χ2v) is 6.58. The lowest BCUT2D eigenvalue weighted by molar-refractivity contribution is -0.134. The fourth-order valence-electron chi connectivity index (χ4n) is 1.97. The van der Waals surface area contributed by atoms with Crippen LogP contribution < -0.4 is 5.73 Å². The topological polar surface area (TPSA) is 83.7 Å². The molecular weight excluding hydrogens is 242 g/mol. The van der Waals surface area contributed by atoms with Crippen molar-refractivity contribution < 1.29 is 13.2 Å². The van der Waals surface area contributed by atoms with Crippen LogP contribution in [0.2, 0.25) is 0 Å². The van der Waals surface area contributed by atoms with Gasteiger partial charge < -0.3 is 10.6 Å². The van der Waals surface area contributed by atoms with Crippen LogP contribution in [0.1, 0.15) is 19.3 Å². The standard InChI is InChI=1S/C10H21N3O3S/c1-12(17(2,15)16)8-10(14)13-6-4-3-5-9(13)7-11/h9H,3-8,11H2,1-2H3. The molecule has 0 aliphatic carbocycles. The van der Waals surface area contributed by atoms with Crippen LogP contribution >= 0.6 is 0 Å². The maximum Gasteiger partial charge on any atom is 0.238 e. The minimum Gasteiger partial charge on any atom is -0.337 e. The molecule has 2 N–H and O–H groups in total. The molecule has 1 rings (SSSR count). The summed E-state index contributed by atoms with van der Waals surface area (Å²) in [7, 11) is -1.89. The minimum absolute atomic E-state index is 0.0595. The summed E-state index contributed by atoms with van der Waals surface area (Å²) < 4.78 is 23.5. The molecule has 1 fully saturated rings. The van der Waals surface area contributed by atoms with Crippen LogP contribution in [-0.4, -0.2) is 62.5 Å². The summed E-state index contributed by atoms with van der Waals surface area (Å²) in [4.78, 5) is 13.7. The highest BCUT2D eigenvalue weighted by atomic mass is 32.2. The van der Waals surface area contributed by atoms with Crippen LogP contribution in [0, 0.1) is 0 Å². The molecule has 6 nitrogen and oxygen atoms in total. The summed E-state index contributed by atoms with van der Waals surface area (Å²) in [5.74, 6) is -0.159. The molecule has 0 spiro atoms. The van der Waals surface area contributed by atoms with Crippen molar-refractivity contribution in [2.24, 2.45) is 5.73 Å². The molecule has 0 bridgehead atoms. The number of amides is 1. The third kappa shape index (κ3) is 3.93. The number of nitrogens with two attached hydrogens (primary N) is 1. The van der Waals surface area contributed by atoms with Crippen LogP contribution in [-0.2, 0) is 14.8 Å². The van der Waals surface area contributed by atoms with Crippen LogP contribution in [0.5, 0.6) is 0 Å². The summed E-state index contributed by atoms with van der Waals surface area (Å²) in [6.07, 6.45) is 4.04. The lowest BCUT2D eigenvalue weighted by atomic mass is 10.0. The Balaban J connectivity index is 2.62. The normalized spacial score (nSPS) is 21.9. The van der Waals surface area contributed by atoms with Crippen LogP contribution in [0.15, 0.2) is 0 Å². The Labute approximate surface area is 103 Å². The van der Waals surface area contributed by atoms with E-state index in [1.165, 1.54) is 7.05 Å². The summed E-state index contributed by atoms with van der Waals surface area (Å²) in [5, 5.41) is 0. The lowest BCUT2D eigenvalue weighted by Gasteiger charge is -2.35. The van der Waals surface area contributed by atoms with Gasteiger partial charge in [0.1, 0.15) is 0 Å². The molecule has 7 heteroatoms. The van der Waals surface area contributed by atoms with Gasteiger partial charge in [-0.15, -0.1) is 0 Å². The Hall–Kier alpha value is -0.660. The van der Waals surface area contributed by atoms with Crippen molar-refractivity contribution in [2.45, 2.75) is 25.3 Å². The van der Waals surface area contributed by atoms with Crippen molar-refractivity contribution >= 4 is 15.9 Å². The van der Waals surface area contributed by atoms with Gasteiger partial charge in [-0.05, 0) is 19.3 Å². The SMILES string of the molecule is CN(CC(=O)N1CCCCC1CN)S(C)(=O)=O. The van der Waals surface area contributed by atoms with E-state index in [9.17, 15) is 13.2 Å². The summed E-state index contributed by atoms with van der Waals surface area (Å²) >= 11 is 0. The van der Waals surface area contributed by atoms with Gasteiger partial charge in [-0.25, -0.2) is 8.42 Å². The third-order valence-electron chi connectivity index (χ3n) is 3.14. The third-order valence-corrected chi connectivity index (χ3v) is 4.41. The van der Waals surface area contributed by atoms with E-state index in [2.05, 4.69) is 0 Å². The molecule has 1 amide bonds. The second-order valence-electron chi connectivity index (χ2n) is 4.49. The lowest BCUT2D eigenvalue weighted by Crippen LogP contribution is -2.50. The largest absolute Gasteiger partial charge is 0.337 e. The Kier molecular flexibility index (Phi) is 4.91. The van der Waals surface area contributed by atoms with Gasteiger partial charge in [0.15, 0.2) is 0 Å². The zero-order chi connectivity index (χ0) is 13.1. The predicted octanol–water partition coefficient (Wildman–Crippen LogP) is -0.782. The molecule has 1 aliphatic rings. The molecule has 1 saturated heterocycles. The quantitative estimate of drug-likeness (QED) is 0.721. The maximum atomic E-state index is 12.0.